The molecule has 2 rings (SSSR count). The van der Waals surface area contributed by atoms with Crippen LogP contribution in [0, 0.1) is 18.3 Å². The maximum absolute atomic E-state index is 8.85. The number of rotatable bonds is 4. The zero-order valence-electron chi connectivity index (χ0n) is 11.0. The summed E-state index contributed by atoms with van der Waals surface area (Å²) in [6.07, 6.45) is 1.85. The van der Waals surface area contributed by atoms with E-state index in [-0.39, 0.29) is 0 Å². The summed E-state index contributed by atoms with van der Waals surface area (Å²) in [7, 11) is 1.59. The first-order chi connectivity index (χ1) is 9.22. The van der Waals surface area contributed by atoms with Crippen LogP contribution >= 0.6 is 0 Å². The summed E-state index contributed by atoms with van der Waals surface area (Å²) in [6, 6.07) is 11.4. The van der Waals surface area contributed by atoms with Crippen molar-refractivity contribution in [3.63, 3.8) is 0 Å². The van der Waals surface area contributed by atoms with Crippen LogP contribution in [0.25, 0.3) is 0 Å². The van der Waals surface area contributed by atoms with Gasteiger partial charge in [-0.2, -0.15) is 5.26 Å². The smallest absolute Gasteiger partial charge is 0.143 e. The highest BCUT2D eigenvalue weighted by molar-refractivity contribution is 5.59. The Morgan fingerprint density at radius 3 is 2.79 bits per heavy atom. The van der Waals surface area contributed by atoms with Gasteiger partial charge in [-0.05, 0) is 30.7 Å². The van der Waals surface area contributed by atoms with Gasteiger partial charge in [0.05, 0.1) is 24.4 Å². The number of benzene rings is 1. The molecule has 0 radical (unpaired) electrons. The SMILES string of the molecule is COc1cc(C#N)ccc1NCc1ccc(C)nc1. The van der Waals surface area contributed by atoms with Gasteiger partial charge in [-0.1, -0.05) is 6.07 Å². The fourth-order valence-corrected chi connectivity index (χ4v) is 1.71. The molecule has 19 heavy (non-hydrogen) atoms. The minimum Gasteiger partial charge on any atom is -0.495 e. The molecule has 0 unspecified atom stereocenters. The molecule has 1 aromatic carbocycles. The van der Waals surface area contributed by atoms with Crippen molar-refractivity contribution in [2.75, 3.05) is 12.4 Å². The van der Waals surface area contributed by atoms with E-state index in [0.717, 1.165) is 16.9 Å². The Morgan fingerprint density at radius 1 is 1.32 bits per heavy atom. The first-order valence-corrected chi connectivity index (χ1v) is 5.96. The standard InChI is InChI=1S/C15H15N3O/c1-11-3-4-13(9-17-11)10-18-14-6-5-12(8-16)7-15(14)19-2/h3-7,9,18H,10H2,1-2H3. The highest BCUT2D eigenvalue weighted by Gasteiger charge is 2.04. The van der Waals surface area contributed by atoms with Gasteiger partial charge in [0.15, 0.2) is 0 Å². The van der Waals surface area contributed by atoms with E-state index < -0.39 is 0 Å². The minimum atomic E-state index is 0.583. The summed E-state index contributed by atoms with van der Waals surface area (Å²) < 4.78 is 5.27. The Labute approximate surface area is 112 Å². The second-order valence-electron chi connectivity index (χ2n) is 4.19. The van der Waals surface area contributed by atoms with E-state index in [1.165, 1.54) is 0 Å². The number of hydrogen-bond acceptors (Lipinski definition) is 4. The van der Waals surface area contributed by atoms with Crippen LogP contribution in [-0.2, 0) is 6.54 Å². The lowest BCUT2D eigenvalue weighted by atomic mass is 10.2. The van der Waals surface area contributed by atoms with Crippen LogP contribution in [0.4, 0.5) is 5.69 Å². The van der Waals surface area contributed by atoms with Crippen LogP contribution in [0.5, 0.6) is 5.75 Å². The molecule has 4 heteroatoms. The second-order valence-corrected chi connectivity index (χ2v) is 4.19. The Morgan fingerprint density at radius 2 is 2.16 bits per heavy atom. The van der Waals surface area contributed by atoms with Crippen molar-refractivity contribution in [2.24, 2.45) is 0 Å². The number of nitrogens with one attached hydrogen (secondary N) is 1. The first-order valence-electron chi connectivity index (χ1n) is 5.96. The highest BCUT2D eigenvalue weighted by atomic mass is 16.5. The Balaban J connectivity index is 2.11. The molecule has 1 aromatic heterocycles. The van der Waals surface area contributed by atoms with Gasteiger partial charge in [0, 0.05) is 24.5 Å². The van der Waals surface area contributed by atoms with Crippen molar-refractivity contribution >= 4 is 5.69 Å². The molecular weight excluding hydrogens is 238 g/mol. The number of methoxy groups -OCH3 is 1. The molecule has 1 N–H and O–H groups in total. The first kappa shape index (κ1) is 12.9. The number of nitrogens with zero attached hydrogens (tertiary/aromatic N) is 2. The van der Waals surface area contributed by atoms with E-state index in [4.69, 9.17) is 10.00 Å². The molecular formula is C15H15N3O. The fourth-order valence-electron chi connectivity index (χ4n) is 1.71. The monoisotopic (exact) mass is 253 g/mol. The summed E-state index contributed by atoms with van der Waals surface area (Å²) in [5.41, 5.74) is 3.54. The molecule has 2 aromatic rings. The molecule has 0 atom stereocenters. The molecule has 0 aliphatic rings. The van der Waals surface area contributed by atoms with Gasteiger partial charge in [0.25, 0.3) is 0 Å². The average Bonchev–Trinajstić information content (AvgIpc) is 2.46. The van der Waals surface area contributed by atoms with Gasteiger partial charge in [0.2, 0.25) is 0 Å². The third kappa shape index (κ3) is 3.23. The van der Waals surface area contributed by atoms with Crippen LogP contribution < -0.4 is 10.1 Å². The number of hydrogen-bond donors (Lipinski definition) is 1. The number of nitriles is 1. The molecule has 0 aliphatic carbocycles. The van der Waals surface area contributed by atoms with E-state index in [1.807, 2.05) is 31.3 Å². The summed E-state index contributed by atoms with van der Waals surface area (Å²) >= 11 is 0. The van der Waals surface area contributed by atoms with Crippen LogP contribution in [0.2, 0.25) is 0 Å². The molecule has 0 saturated heterocycles. The molecule has 0 fully saturated rings. The number of aryl methyl sites for hydroxylation is 1. The van der Waals surface area contributed by atoms with Gasteiger partial charge in [0.1, 0.15) is 5.75 Å². The quantitative estimate of drug-likeness (QED) is 0.910. The van der Waals surface area contributed by atoms with Crippen LogP contribution in [0.1, 0.15) is 16.8 Å². The lowest BCUT2D eigenvalue weighted by Gasteiger charge is -2.11. The van der Waals surface area contributed by atoms with Gasteiger partial charge < -0.3 is 10.1 Å². The molecule has 1 heterocycles. The van der Waals surface area contributed by atoms with Crippen molar-refractivity contribution in [3.05, 3.63) is 53.3 Å². The van der Waals surface area contributed by atoms with E-state index in [9.17, 15) is 0 Å². The zero-order valence-corrected chi connectivity index (χ0v) is 11.0. The largest absolute Gasteiger partial charge is 0.495 e. The predicted molar refractivity (Wildman–Crippen MR) is 74.0 cm³/mol. The van der Waals surface area contributed by atoms with Crippen molar-refractivity contribution in [2.45, 2.75) is 13.5 Å². The fraction of sp³-hybridized carbons (Fsp3) is 0.200. The molecule has 0 spiro atoms. The second kappa shape index (κ2) is 5.87. The summed E-state index contributed by atoms with van der Waals surface area (Å²) in [5.74, 6) is 0.666. The Hall–Kier alpha value is -2.54. The van der Waals surface area contributed by atoms with Gasteiger partial charge >= 0.3 is 0 Å². The van der Waals surface area contributed by atoms with E-state index in [0.29, 0.717) is 17.9 Å². The van der Waals surface area contributed by atoms with Crippen molar-refractivity contribution in [1.29, 1.82) is 5.26 Å². The molecule has 4 nitrogen and oxygen atoms in total. The zero-order chi connectivity index (χ0) is 13.7. The maximum atomic E-state index is 8.85. The molecule has 0 saturated carbocycles. The third-order valence-electron chi connectivity index (χ3n) is 2.79. The van der Waals surface area contributed by atoms with Gasteiger partial charge in [-0.3, -0.25) is 4.98 Å². The maximum Gasteiger partial charge on any atom is 0.143 e. The Kier molecular flexibility index (Phi) is 3.99. The Bertz CT molecular complexity index is 600. The van der Waals surface area contributed by atoms with Crippen LogP contribution in [-0.4, -0.2) is 12.1 Å². The normalized spacial score (nSPS) is 9.74. The molecule has 0 aliphatic heterocycles. The van der Waals surface area contributed by atoms with Crippen LogP contribution in [0.15, 0.2) is 36.5 Å². The van der Waals surface area contributed by atoms with Crippen molar-refractivity contribution in [1.82, 2.24) is 4.98 Å². The van der Waals surface area contributed by atoms with Gasteiger partial charge in [-0.15, -0.1) is 0 Å². The van der Waals surface area contributed by atoms with Crippen molar-refractivity contribution in [3.8, 4) is 11.8 Å². The third-order valence-corrected chi connectivity index (χ3v) is 2.79. The lowest BCUT2D eigenvalue weighted by Crippen LogP contribution is -2.02. The average molecular weight is 253 g/mol. The topological polar surface area (TPSA) is 57.9 Å². The minimum absolute atomic E-state index is 0.583. The van der Waals surface area contributed by atoms with E-state index >= 15 is 0 Å². The van der Waals surface area contributed by atoms with Crippen molar-refractivity contribution < 1.29 is 4.74 Å². The molecule has 0 bridgehead atoms. The van der Waals surface area contributed by atoms with E-state index in [1.54, 1.807) is 19.2 Å². The number of pyridine rings is 1. The summed E-state index contributed by atoms with van der Waals surface area (Å²) in [4.78, 5) is 4.25. The predicted octanol–water partition coefficient (Wildman–Crippen LogP) is 2.88. The number of ether oxygens (including phenoxy) is 1. The summed E-state index contributed by atoms with van der Waals surface area (Å²) in [6.45, 7) is 2.62. The molecule has 0 amide bonds. The lowest BCUT2D eigenvalue weighted by molar-refractivity contribution is 0.416. The van der Waals surface area contributed by atoms with Crippen LogP contribution in [0.3, 0.4) is 0 Å². The van der Waals surface area contributed by atoms with E-state index in [2.05, 4.69) is 16.4 Å². The summed E-state index contributed by atoms with van der Waals surface area (Å²) in [5, 5.41) is 12.1. The highest BCUT2D eigenvalue weighted by Crippen LogP contribution is 2.25. The van der Waals surface area contributed by atoms with Gasteiger partial charge in [-0.25, -0.2) is 0 Å². The molecule has 96 valence electrons. The number of anilines is 1. The number of aromatic nitrogens is 1.